The second-order valence-corrected chi connectivity index (χ2v) is 5.99. The number of nitrogens with zero attached hydrogens (tertiary/aromatic N) is 1. The summed E-state index contributed by atoms with van der Waals surface area (Å²) in [4.78, 5) is 15.7. The molecular formula is C16H17BrN2OS. The molecule has 2 aromatic rings. The SMILES string of the molecule is C/C=C(\C=C/CC)Cn1c(=S)[nH]c2ccc(Br)cc2c1=O. The van der Waals surface area contributed by atoms with Gasteiger partial charge in [0.15, 0.2) is 4.77 Å². The summed E-state index contributed by atoms with van der Waals surface area (Å²) >= 11 is 8.72. The Balaban J connectivity index is 2.57. The maximum absolute atomic E-state index is 12.6. The Bertz CT molecular complexity index is 830. The van der Waals surface area contributed by atoms with Gasteiger partial charge in [-0.05, 0) is 49.3 Å². The molecule has 0 aliphatic rings. The molecule has 0 saturated heterocycles. The smallest absolute Gasteiger partial charge is 0.262 e. The first-order valence-electron chi connectivity index (χ1n) is 6.81. The minimum Gasteiger partial charge on any atom is -0.332 e. The molecule has 2 rings (SSSR count). The van der Waals surface area contributed by atoms with Crippen LogP contribution in [0, 0.1) is 4.77 Å². The molecule has 110 valence electrons. The summed E-state index contributed by atoms with van der Waals surface area (Å²) in [7, 11) is 0. The standard InChI is InChI=1S/C16H17BrN2OS/c1-3-5-6-11(4-2)10-19-15(20)13-9-12(17)7-8-14(13)18-16(19)21/h4-9H,3,10H2,1-2H3,(H,18,21)/b6-5-,11-4+. The van der Waals surface area contributed by atoms with Gasteiger partial charge in [0.25, 0.3) is 5.56 Å². The van der Waals surface area contributed by atoms with Crippen LogP contribution in [0.1, 0.15) is 20.3 Å². The Kier molecular flexibility index (Phi) is 5.31. The molecular weight excluding hydrogens is 348 g/mol. The Morgan fingerprint density at radius 3 is 2.90 bits per heavy atom. The molecule has 1 aromatic heterocycles. The van der Waals surface area contributed by atoms with Crippen LogP contribution in [0.15, 0.2) is 51.3 Å². The number of fused-ring (bicyclic) bond motifs is 1. The average Bonchev–Trinajstić information content (AvgIpc) is 2.47. The molecule has 0 aliphatic carbocycles. The highest BCUT2D eigenvalue weighted by Gasteiger charge is 2.07. The van der Waals surface area contributed by atoms with Gasteiger partial charge in [-0.2, -0.15) is 0 Å². The highest BCUT2D eigenvalue weighted by atomic mass is 79.9. The molecule has 0 aliphatic heterocycles. The number of H-pyrrole nitrogens is 1. The summed E-state index contributed by atoms with van der Waals surface area (Å²) in [5.41, 5.74) is 1.75. The lowest BCUT2D eigenvalue weighted by Crippen LogP contribution is -2.22. The Labute approximate surface area is 137 Å². The van der Waals surface area contributed by atoms with Crippen LogP contribution in [0.4, 0.5) is 0 Å². The van der Waals surface area contributed by atoms with E-state index in [-0.39, 0.29) is 5.56 Å². The van der Waals surface area contributed by atoms with E-state index in [0.29, 0.717) is 16.7 Å². The van der Waals surface area contributed by atoms with Crippen molar-refractivity contribution in [1.29, 1.82) is 0 Å². The number of rotatable bonds is 4. The molecule has 21 heavy (non-hydrogen) atoms. The third-order valence-corrected chi connectivity index (χ3v) is 4.04. The normalized spacial score (nSPS) is 12.4. The minimum absolute atomic E-state index is 0.0701. The summed E-state index contributed by atoms with van der Waals surface area (Å²) in [6.45, 7) is 4.52. The van der Waals surface area contributed by atoms with Crippen molar-refractivity contribution in [3.63, 3.8) is 0 Å². The number of aromatic nitrogens is 2. The van der Waals surface area contributed by atoms with Crippen LogP contribution in [0.3, 0.4) is 0 Å². The third kappa shape index (κ3) is 3.60. The fraction of sp³-hybridized carbons (Fsp3) is 0.250. The van der Waals surface area contributed by atoms with Crippen LogP contribution < -0.4 is 5.56 Å². The lowest BCUT2D eigenvalue weighted by molar-refractivity contribution is 0.732. The number of allylic oxidation sites excluding steroid dienone is 4. The van der Waals surface area contributed by atoms with E-state index in [1.165, 1.54) is 0 Å². The van der Waals surface area contributed by atoms with Gasteiger partial charge < -0.3 is 4.98 Å². The zero-order valence-electron chi connectivity index (χ0n) is 12.0. The Morgan fingerprint density at radius 2 is 2.24 bits per heavy atom. The fourth-order valence-corrected chi connectivity index (χ4v) is 2.68. The molecule has 0 bridgehead atoms. The van der Waals surface area contributed by atoms with Crippen LogP contribution in [0.25, 0.3) is 10.9 Å². The molecule has 5 heteroatoms. The zero-order chi connectivity index (χ0) is 15.4. The van der Waals surface area contributed by atoms with Gasteiger partial charge in [-0.25, -0.2) is 0 Å². The highest BCUT2D eigenvalue weighted by Crippen LogP contribution is 2.15. The quantitative estimate of drug-likeness (QED) is 0.628. The van der Waals surface area contributed by atoms with E-state index in [0.717, 1.165) is 22.0 Å². The van der Waals surface area contributed by atoms with E-state index >= 15 is 0 Å². The van der Waals surface area contributed by atoms with Crippen molar-refractivity contribution in [1.82, 2.24) is 9.55 Å². The van der Waals surface area contributed by atoms with E-state index in [4.69, 9.17) is 12.2 Å². The molecule has 3 nitrogen and oxygen atoms in total. The van der Waals surface area contributed by atoms with Gasteiger partial charge in [-0.1, -0.05) is 41.1 Å². The van der Waals surface area contributed by atoms with Crippen molar-refractivity contribution < 1.29 is 0 Å². The second kappa shape index (κ2) is 7.00. The number of nitrogens with one attached hydrogen (secondary N) is 1. The highest BCUT2D eigenvalue weighted by molar-refractivity contribution is 9.10. The molecule has 0 unspecified atom stereocenters. The van der Waals surface area contributed by atoms with Crippen molar-refractivity contribution in [2.75, 3.05) is 0 Å². The third-order valence-electron chi connectivity index (χ3n) is 3.22. The summed E-state index contributed by atoms with van der Waals surface area (Å²) in [6.07, 6.45) is 7.07. The Morgan fingerprint density at radius 1 is 1.48 bits per heavy atom. The first-order chi connectivity index (χ1) is 10.1. The number of hydrogen-bond donors (Lipinski definition) is 1. The topological polar surface area (TPSA) is 37.8 Å². The van der Waals surface area contributed by atoms with Gasteiger partial charge in [0.2, 0.25) is 0 Å². The summed E-state index contributed by atoms with van der Waals surface area (Å²) in [5, 5.41) is 0.632. The van der Waals surface area contributed by atoms with Gasteiger partial charge >= 0.3 is 0 Å². The van der Waals surface area contributed by atoms with Gasteiger partial charge in [0.05, 0.1) is 17.4 Å². The van der Waals surface area contributed by atoms with Gasteiger partial charge in [-0.15, -0.1) is 0 Å². The van der Waals surface area contributed by atoms with Crippen molar-refractivity contribution in [2.24, 2.45) is 0 Å². The average molecular weight is 365 g/mol. The van der Waals surface area contributed by atoms with Gasteiger partial charge in [-0.3, -0.25) is 9.36 Å². The predicted molar refractivity (Wildman–Crippen MR) is 94.3 cm³/mol. The molecule has 0 spiro atoms. The molecule has 1 heterocycles. The molecule has 1 N–H and O–H groups in total. The number of halogens is 1. The minimum atomic E-state index is -0.0701. The van der Waals surface area contributed by atoms with Crippen molar-refractivity contribution in [2.45, 2.75) is 26.8 Å². The van der Waals surface area contributed by atoms with E-state index in [9.17, 15) is 4.79 Å². The number of aromatic amines is 1. The van der Waals surface area contributed by atoms with Crippen LogP contribution >= 0.6 is 28.1 Å². The molecule has 0 saturated carbocycles. The van der Waals surface area contributed by atoms with Crippen LogP contribution in [-0.2, 0) is 6.54 Å². The van der Waals surface area contributed by atoms with Gasteiger partial charge in [0.1, 0.15) is 0 Å². The first kappa shape index (κ1) is 15.9. The monoisotopic (exact) mass is 364 g/mol. The molecule has 0 fully saturated rings. The second-order valence-electron chi connectivity index (χ2n) is 4.69. The Hall–Kier alpha value is -1.46. The molecule has 0 atom stereocenters. The first-order valence-corrected chi connectivity index (χ1v) is 8.01. The number of benzene rings is 1. The predicted octanol–water partition coefficient (Wildman–Crippen LogP) is 4.73. The van der Waals surface area contributed by atoms with Crippen molar-refractivity contribution in [3.05, 3.63) is 61.6 Å². The maximum Gasteiger partial charge on any atom is 0.262 e. The fourth-order valence-electron chi connectivity index (χ4n) is 2.06. The van der Waals surface area contributed by atoms with Crippen molar-refractivity contribution in [3.8, 4) is 0 Å². The molecule has 0 amide bonds. The van der Waals surface area contributed by atoms with E-state index < -0.39 is 0 Å². The lowest BCUT2D eigenvalue weighted by Gasteiger charge is -2.09. The largest absolute Gasteiger partial charge is 0.332 e. The van der Waals surface area contributed by atoms with Crippen LogP contribution in [0.5, 0.6) is 0 Å². The van der Waals surface area contributed by atoms with Gasteiger partial charge in [0, 0.05) is 4.47 Å². The van der Waals surface area contributed by atoms with E-state index in [1.807, 2.05) is 37.3 Å². The van der Waals surface area contributed by atoms with E-state index in [2.05, 4.69) is 33.9 Å². The number of hydrogen-bond acceptors (Lipinski definition) is 2. The van der Waals surface area contributed by atoms with E-state index in [1.54, 1.807) is 4.57 Å². The summed E-state index contributed by atoms with van der Waals surface area (Å²) in [6, 6.07) is 5.56. The molecule has 1 aromatic carbocycles. The summed E-state index contributed by atoms with van der Waals surface area (Å²) in [5.74, 6) is 0. The summed E-state index contributed by atoms with van der Waals surface area (Å²) < 4.78 is 2.92. The zero-order valence-corrected chi connectivity index (χ0v) is 14.4. The molecule has 0 radical (unpaired) electrons. The lowest BCUT2D eigenvalue weighted by atomic mass is 10.2. The van der Waals surface area contributed by atoms with Crippen LogP contribution in [-0.4, -0.2) is 9.55 Å². The van der Waals surface area contributed by atoms with Crippen molar-refractivity contribution >= 4 is 39.1 Å². The maximum atomic E-state index is 12.6. The van der Waals surface area contributed by atoms with Crippen LogP contribution in [0.2, 0.25) is 0 Å².